The maximum atomic E-state index is 13.5. The van der Waals surface area contributed by atoms with Gasteiger partial charge in [0.25, 0.3) is 11.5 Å². The van der Waals surface area contributed by atoms with E-state index in [4.69, 9.17) is 16.1 Å². The highest BCUT2D eigenvalue weighted by atomic mass is 35.5. The molecule has 2 aromatic carbocycles. The minimum absolute atomic E-state index is 0.0108. The number of nitrogens with zero attached hydrogens (tertiary/aromatic N) is 4. The predicted molar refractivity (Wildman–Crippen MR) is 137 cm³/mol. The number of rotatable bonds is 3. The van der Waals surface area contributed by atoms with Gasteiger partial charge < -0.3 is 9.42 Å². The Bertz CT molecular complexity index is 1720. The number of aromatic amines is 1. The summed E-state index contributed by atoms with van der Waals surface area (Å²) in [6.45, 7) is 0.798. The molecule has 0 fully saturated rings. The average molecular weight is 560 g/mol. The van der Waals surface area contributed by atoms with Crippen LogP contribution in [0.4, 0.5) is 13.2 Å². The van der Waals surface area contributed by atoms with Gasteiger partial charge in [-0.25, -0.2) is 0 Å². The van der Waals surface area contributed by atoms with Gasteiger partial charge in [0.1, 0.15) is 0 Å². The number of halogens is 4. The van der Waals surface area contributed by atoms with Crippen LogP contribution in [-0.4, -0.2) is 37.5 Å². The Morgan fingerprint density at radius 2 is 2.03 bits per heavy atom. The van der Waals surface area contributed by atoms with E-state index in [9.17, 15) is 22.8 Å². The van der Waals surface area contributed by atoms with Crippen LogP contribution in [0.2, 0.25) is 5.02 Å². The number of amidine groups is 1. The van der Waals surface area contributed by atoms with Crippen LogP contribution in [0.15, 0.2) is 61.8 Å². The second-order valence-electron chi connectivity index (χ2n) is 8.84. The van der Waals surface area contributed by atoms with Gasteiger partial charge in [0.05, 0.1) is 40.8 Å². The van der Waals surface area contributed by atoms with E-state index in [0.29, 0.717) is 51.8 Å². The summed E-state index contributed by atoms with van der Waals surface area (Å²) in [7, 11) is 0. The molecule has 1 N–H and O–H groups in total. The molecule has 2 aromatic heterocycles. The van der Waals surface area contributed by atoms with Gasteiger partial charge in [-0.3, -0.25) is 14.3 Å². The molecule has 0 saturated carbocycles. The minimum atomic E-state index is -4.54. The Balaban J connectivity index is 1.21. The zero-order valence-corrected chi connectivity index (χ0v) is 21.0. The summed E-state index contributed by atoms with van der Waals surface area (Å²) in [5.41, 5.74) is 1.01. The first-order valence-electron chi connectivity index (χ1n) is 11.4. The maximum Gasteiger partial charge on any atom is 0.416 e. The van der Waals surface area contributed by atoms with Gasteiger partial charge in [-0.2, -0.15) is 28.4 Å². The molecule has 38 heavy (non-hydrogen) atoms. The topological polar surface area (TPSA) is 96.5 Å². The molecule has 0 unspecified atom stereocenters. The molecule has 0 aliphatic carbocycles. The number of hydrogen-bond donors (Lipinski definition) is 1. The molecule has 4 heterocycles. The molecular weight excluding hydrogens is 543 g/mol. The number of benzene rings is 2. The number of amides is 1. The van der Waals surface area contributed by atoms with Gasteiger partial charge in [0.2, 0.25) is 0 Å². The fraction of sp³-hybridized carbons (Fsp3) is 0.200. The van der Waals surface area contributed by atoms with E-state index < -0.39 is 11.7 Å². The molecular formula is C25H17ClF3N5O3S. The van der Waals surface area contributed by atoms with Crippen molar-refractivity contribution in [1.29, 1.82) is 0 Å². The van der Waals surface area contributed by atoms with Gasteiger partial charge >= 0.3 is 6.18 Å². The molecule has 0 radical (unpaired) electrons. The van der Waals surface area contributed by atoms with Crippen molar-refractivity contribution < 1.29 is 22.5 Å². The Labute approximate surface area is 221 Å². The van der Waals surface area contributed by atoms with Gasteiger partial charge in [-0.15, -0.1) is 0 Å². The molecule has 0 saturated heterocycles. The molecule has 8 nitrogen and oxygen atoms in total. The molecule has 4 aromatic rings. The van der Waals surface area contributed by atoms with Crippen molar-refractivity contribution in [1.82, 2.24) is 19.8 Å². The van der Waals surface area contributed by atoms with Crippen LogP contribution in [0, 0.1) is 0 Å². The van der Waals surface area contributed by atoms with Crippen LogP contribution in [0.3, 0.4) is 0 Å². The molecule has 194 valence electrons. The molecule has 6 rings (SSSR count). The van der Waals surface area contributed by atoms with Crippen molar-refractivity contribution >= 4 is 51.4 Å². The maximum absolute atomic E-state index is 13.5. The summed E-state index contributed by atoms with van der Waals surface area (Å²) in [4.78, 5) is 30.8. The lowest BCUT2D eigenvalue weighted by molar-refractivity contribution is -0.138. The second kappa shape index (κ2) is 9.21. The van der Waals surface area contributed by atoms with Crippen LogP contribution in [0.5, 0.6) is 0 Å². The highest BCUT2D eigenvalue weighted by Gasteiger charge is 2.34. The lowest BCUT2D eigenvalue weighted by atomic mass is 10.1. The highest BCUT2D eigenvalue weighted by Crippen LogP contribution is 2.35. The highest BCUT2D eigenvalue weighted by molar-refractivity contribution is 8.18. The van der Waals surface area contributed by atoms with Crippen LogP contribution in [0.25, 0.3) is 17.0 Å². The summed E-state index contributed by atoms with van der Waals surface area (Å²) in [6.07, 6.45) is -0.759. The monoisotopic (exact) mass is 559 g/mol. The number of alkyl halides is 3. The summed E-state index contributed by atoms with van der Waals surface area (Å²) in [5, 5.41) is 7.87. The Kier molecular flexibility index (Phi) is 5.95. The number of nitrogens with one attached hydrogen (secondary N) is 1. The Hall–Kier alpha value is -3.77. The fourth-order valence-electron chi connectivity index (χ4n) is 4.52. The SMILES string of the molecule is O=C1N=C(N2CCc3c(o[nH]c3=O)C2)S/C1=C/c1ccc2c(cnn2Cc2ccc(Cl)cc2C(F)(F)F)c1. The normalized spacial score (nSPS) is 16.9. The standard InChI is InChI=1S/C25H17ClF3N5O3S/c26-16-3-2-14(18(9-16)25(27,28)29)11-34-19-4-1-13(7-15(19)10-30-34)8-21-23(36)31-24(38-21)33-6-5-17-20(12-33)37-32-22(17)35/h1-4,7-10H,5-6,11-12H2,(H,32,35)/b21-8+. The van der Waals surface area contributed by atoms with E-state index in [2.05, 4.69) is 15.2 Å². The molecule has 13 heteroatoms. The molecule has 0 spiro atoms. The Morgan fingerprint density at radius 1 is 1.18 bits per heavy atom. The van der Waals surface area contributed by atoms with Crippen molar-refractivity contribution in [3.8, 4) is 0 Å². The zero-order chi connectivity index (χ0) is 26.6. The zero-order valence-electron chi connectivity index (χ0n) is 19.4. The van der Waals surface area contributed by atoms with Crippen LogP contribution < -0.4 is 5.56 Å². The number of aliphatic imine (C=N–C) groups is 1. The van der Waals surface area contributed by atoms with E-state index in [1.165, 1.54) is 28.6 Å². The van der Waals surface area contributed by atoms with E-state index in [0.717, 1.165) is 11.6 Å². The number of carbonyl (C=O) groups is 1. The second-order valence-corrected chi connectivity index (χ2v) is 10.3. The molecule has 2 aliphatic rings. The van der Waals surface area contributed by atoms with Crippen molar-refractivity contribution in [2.24, 2.45) is 4.99 Å². The average Bonchev–Trinajstić information content (AvgIpc) is 3.56. The van der Waals surface area contributed by atoms with Crippen molar-refractivity contribution in [2.75, 3.05) is 6.54 Å². The summed E-state index contributed by atoms with van der Waals surface area (Å²) in [6, 6.07) is 9.02. The van der Waals surface area contributed by atoms with Crippen LogP contribution in [0.1, 0.15) is 28.0 Å². The van der Waals surface area contributed by atoms with E-state index in [1.54, 1.807) is 24.4 Å². The first-order chi connectivity index (χ1) is 18.2. The van der Waals surface area contributed by atoms with Gasteiger partial charge in [-0.1, -0.05) is 23.7 Å². The van der Waals surface area contributed by atoms with Crippen molar-refractivity contribution in [3.05, 3.63) is 90.9 Å². The van der Waals surface area contributed by atoms with Crippen LogP contribution >= 0.6 is 23.4 Å². The quantitative estimate of drug-likeness (QED) is 0.352. The van der Waals surface area contributed by atoms with Gasteiger partial charge in [-0.05, 0) is 59.7 Å². The lowest BCUT2D eigenvalue weighted by Crippen LogP contribution is -2.34. The lowest BCUT2D eigenvalue weighted by Gasteiger charge is -2.25. The van der Waals surface area contributed by atoms with E-state index in [-0.39, 0.29) is 28.6 Å². The number of fused-ring (bicyclic) bond motifs is 2. The fourth-order valence-corrected chi connectivity index (χ4v) is 5.63. The molecule has 1 amide bonds. The minimum Gasteiger partial charge on any atom is -0.381 e. The molecule has 0 atom stereocenters. The first-order valence-corrected chi connectivity index (χ1v) is 12.6. The van der Waals surface area contributed by atoms with E-state index in [1.807, 2.05) is 11.0 Å². The predicted octanol–water partition coefficient (Wildman–Crippen LogP) is 5.07. The number of hydrogen-bond acceptors (Lipinski definition) is 6. The summed E-state index contributed by atoms with van der Waals surface area (Å²) >= 11 is 7.03. The van der Waals surface area contributed by atoms with Gasteiger partial charge in [0.15, 0.2) is 10.9 Å². The first kappa shape index (κ1) is 24.6. The number of aromatic nitrogens is 3. The van der Waals surface area contributed by atoms with Crippen LogP contribution in [-0.2, 0) is 30.5 Å². The largest absolute Gasteiger partial charge is 0.416 e. The number of carbonyl (C=O) groups excluding carboxylic acids is 1. The third kappa shape index (κ3) is 4.54. The van der Waals surface area contributed by atoms with E-state index >= 15 is 0 Å². The summed E-state index contributed by atoms with van der Waals surface area (Å²) in [5.74, 6) is 0.169. The molecule has 0 bridgehead atoms. The Morgan fingerprint density at radius 3 is 2.84 bits per heavy atom. The molecule has 2 aliphatic heterocycles. The van der Waals surface area contributed by atoms with Gasteiger partial charge in [0, 0.05) is 17.0 Å². The van der Waals surface area contributed by atoms with Crippen molar-refractivity contribution in [3.63, 3.8) is 0 Å². The summed E-state index contributed by atoms with van der Waals surface area (Å²) < 4.78 is 47.2. The number of H-pyrrole nitrogens is 1. The smallest absolute Gasteiger partial charge is 0.381 e. The third-order valence-electron chi connectivity index (χ3n) is 6.38. The third-order valence-corrected chi connectivity index (χ3v) is 7.66. The number of thioether (sulfide) groups is 1. The van der Waals surface area contributed by atoms with Crippen molar-refractivity contribution in [2.45, 2.75) is 25.7 Å².